The molecule has 0 radical (unpaired) electrons. The van der Waals surface area contributed by atoms with E-state index < -0.39 is 0 Å². The highest BCUT2D eigenvalue weighted by molar-refractivity contribution is 7.26. The highest BCUT2D eigenvalue weighted by Gasteiger charge is 2.19. The minimum atomic E-state index is 0.721. The molecule has 0 unspecified atom stereocenters. The van der Waals surface area contributed by atoms with Gasteiger partial charge in [0.1, 0.15) is 5.58 Å². The Kier molecular flexibility index (Phi) is 4.87. The number of benzene rings is 5. The number of hydrogen-bond acceptors (Lipinski definition) is 4. The molecule has 2 nitrogen and oxygen atoms in total. The van der Waals surface area contributed by atoms with Crippen LogP contribution in [0.2, 0.25) is 5.02 Å². The van der Waals surface area contributed by atoms with E-state index in [1.165, 1.54) is 35.8 Å². The van der Waals surface area contributed by atoms with E-state index in [0.717, 1.165) is 43.3 Å². The first-order chi connectivity index (χ1) is 18.6. The van der Waals surface area contributed by atoms with Crippen LogP contribution in [-0.2, 0) is 0 Å². The maximum atomic E-state index is 6.33. The lowest BCUT2D eigenvalue weighted by molar-refractivity contribution is 0.678. The van der Waals surface area contributed by atoms with Crippen molar-refractivity contribution < 1.29 is 4.42 Å². The van der Waals surface area contributed by atoms with E-state index in [1.54, 1.807) is 11.3 Å². The molecule has 38 heavy (non-hydrogen) atoms. The van der Waals surface area contributed by atoms with Crippen LogP contribution in [0.3, 0.4) is 0 Å². The van der Waals surface area contributed by atoms with Gasteiger partial charge in [-0.25, -0.2) is 0 Å². The molecular formula is C33H20ClNOS2. The Labute approximate surface area is 231 Å². The summed E-state index contributed by atoms with van der Waals surface area (Å²) < 4.78 is 10.0. The van der Waals surface area contributed by atoms with Gasteiger partial charge in [-0.15, -0.1) is 11.3 Å². The molecule has 0 saturated carbocycles. The van der Waals surface area contributed by atoms with Gasteiger partial charge in [-0.05, 0) is 73.2 Å². The number of anilines is 3. The van der Waals surface area contributed by atoms with Crippen LogP contribution >= 0.6 is 34.3 Å². The number of fused-ring (bicyclic) bond motifs is 8. The molecule has 0 aliphatic carbocycles. The molecule has 3 heterocycles. The van der Waals surface area contributed by atoms with E-state index >= 15 is 0 Å². The topological polar surface area (TPSA) is 16.4 Å². The fourth-order valence-electron chi connectivity index (χ4n) is 5.61. The third-order valence-electron chi connectivity index (χ3n) is 7.25. The van der Waals surface area contributed by atoms with Crippen LogP contribution in [0.5, 0.6) is 0 Å². The van der Waals surface area contributed by atoms with Crippen LogP contribution in [0, 0.1) is 6.92 Å². The first-order valence-corrected chi connectivity index (χ1v) is 14.5. The molecule has 8 aromatic rings. The minimum absolute atomic E-state index is 0.721. The zero-order valence-corrected chi connectivity index (χ0v) is 22.8. The molecule has 0 N–H and O–H groups in total. The Morgan fingerprint density at radius 2 is 1.39 bits per heavy atom. The van der Waals surface area contributed by atoms with Gasteiger partial charge in [0.05, 0.1) is 0 Å². The van der Waals surface area contributed by atoms with Gasteiger partial charge in [0.15, 0.2) is 4.90 Å². The lowest BCUT2D eigenvalue weighted by atomic mass is 10.1. The van der Waals surface area contributed by atoms with Gasteiger partial charge in [0, 0.05) is 63.1 Å². The van der Waals surface area contributed by atoms with Crippen molar-refractivity contribution in [2.45, 2.75) is 6.92 Å². The van der Waals surface area contributed by atoms with E-state index in [2.05, 4.69) is 96.8 Å². The predicted octanol–water partition coefficient (Wildman–Crippen LogP) is 11.6. The second-order valence-electron chi connectivity index (χ2n) is 9.59. The molecule has 8 rings (SSSR count). The van der Waals surface area contributed by atoms with Gasteiger partial charge in [-0.1, -0.05) is 65.4 Å². The molecule has 0 spiro atoms. The average molecular weight is 546 g/mol. The lowest BCUT2D eigenvalue weighted by Gasteiger charge is -2.26. The SMILES string of the molecule is Cc1cc(N(c2ccccc2)c2ccc3c(c2)sc2oc4ccc(Cl)cc4c23)cc2sc3ccccc3c12. The summed E-state index contributed by atoms with van der Waals surface area (Å²) in [5, 5.41) is 6.80. The monoisotopic (exact) mass is 545 g/mol. The van der Waals surface area contributed by atoms with Gasteiger partial charge >= 0.3 is 0 Å². The van der Waals surface area contributed by atoms with E-state index in [4.69, 9.17) is 16.0 Å². The number of para-hydroxylation sites is 1. The van der Waals surface area contributed by atoms with Crippen LogP contribution in [0.25, 0.3) is 51.5 Å². The van der Waals surface area contributed by atoms with Crippen molar-refractivity contribution in [3.05, 3.63) is 114 Å². The van der Waals surface area contributed by atoms with Crippen LogP contribution in [0.1, 0.15) is 5.56 Å². The summed E-state index contributed by atoms with van der Waals surface area (Å²) in [7, 11) is 0. The molecule has 0 fully saturated rings. The third kappa shape index (κ3) is 3.31. The van der Waals surface area contributed by atoms with Gasteiger partial charge < -0.3 is 9.32 Å². The van der Waals surface area contributed by atoms with E-state index in [0.29, 0.717) is 0 Å². The van der Waals surface area contributed by atoms with Crippen LogP contribution in [0.15, 0.2) is 108 Å². The van der Waals surface area contributed by atoms with E-state index in [9.17, 15) is 0 Å². The standard InChI is InChI=1S/C33H20ClNOS2/c1-19-15-23(18-30-31(19)24-9-5-6-10-28(24)37-30)35(21-7-3-2-4-8-21)22-12-13-25-29(17-22)38-33-32(25)26-16-20(34)11-14-27(26)36-33/h2-18H,1H3. The number of nitrogens with zero attached hydrogens (tertiary/aromatic N) is 1. The molecule has 182 valence electrons. The summed E-state index contributed by atoms with van der Waals surface area (Å²) in [5.74, 6) is 0. The Balaban J connectivity index is 1.35. The third-order valence-corrected chi connectivity index (χ3v) is 9.63. The molecule has 0 bridgehead atoms. The zero-order chi connectivity index (χ0) is 25.4. The molecule has 0 aliphatic rings. The van der Waals surface area contributed by atoms with Crippen molar-refractivity contribution in [1.82, 2.24) is 0 Å². The second kappa shape index (κ2) is 8.34. The molecule has 5 heteroatoms. The van der Waals surface area contributed by atoms with Crippen molar-refractivity contribution in [2.24, 2.45) is 0 Å². The summed E-state index contributed by atoms with van der Waals surface area (Å²) in [6, 6.07) is 36.5. The number of aryl methyl sites for hydroxylation is 1. The number of rotatable bonds is 3. The predicted molar refractivity (Wildman–Crippen MR) is 166 cm³/mol. The smallest absolute Gasteiger partial charge is 0.190 e. The van der Waals surface area contributed by atoms with Crippen molar-refractivity contribution in [3.8, 4) is 0 Å². The largest absolute Gasteiger partial charge is 0.445 e. The molecule has 0 atom stereocenters. The van der Waals surface area contributed by atoms with Gasteiger partial charge in [-0.3, -0.25) is 0 Å². The van der Waals surface area contributed by atoms with Crippen LogP contribution in [0.4, 0.5) is 17.1 Å². The molecule has 5 aromatic carbocycles. The van der Waals surface area contributed by atoms with Crippen LogP contribution in [-0.4, -0.2) is 0 Å². The van der Waals surface area contributed by atoms with Crippen molar-refractivity contribution in [1.29, 1.82) is 0 Å². The maximum absolute atomic E-state index is 6.33. The Hall–Kier alpha value is -3.83. The maximum Gasteiger partial charge on any atom is 0.190 e. The molecule has 0 saturated heterocycles. The molecule has 3 aromatic heterocycles. The fourth-order valence-corrected chi connectivity index (χ4v) is 8.11. The highest BCUT2D eigenvalue weighted by Crippen LogP contribution is 2.46. The summed E-state index contributed by atoms with van der Waals surface area (Å²) in [6.45, 7) is 2.22. The summed E-state index contributed by atoms with van der Waals surface area (Å²) in [6.07, 6.45) is 0. The highest BCUT2D eigenvalue weighted by atomic mass is 35.5. The lowest BCUT2D eigenvalue weighted by Crippen LogP contribution is -2.09. The Morgan fingerprint density at radius 3 is 2.29 bits per heavy atom. The quantitative estimate of drug-likeness (QED) is 0.219. The Bertz CT molecular complexity index is 2170. The molecular weight excluding hydrogens is 526 g/mol. The van der Waals surface area contributed by atoms with Crippen LogP contribution < -0.4 is 4.90 Å². The number of thiophene rings is 2. The second-order valence-corrected chi connectivity index (χ2v) is 12.1. The van der Waals surface area contributed by atoms with Crippen molar-refractivity contribution in [2.75, 3.05) is 4.90 Å². The minimum Gasteiger partial charge on any atom is -0.445 e. The normalized spacial score (nSPS) is 11.9. The van der Waals surface area contributed by atoms with Gasteiger partial charge in [0.25, 0.3) is 0 Å². The Morgan fingerprint density at radius 1 is 0.605 bits per heavy atom. The van der Waals surface area contributed by atoms with Gasteiger partial charge in [-0.2, -0.15) is 0 Å². The van der Waals surface area contributed by atoms with E-state index in [1.807, 2.05) is 29.5 Å². The average Bonchev–Trinajstić information content (AvgIpc) is 3.58. The number of halogens is 1. The first-order valence-electron chi connectivity index (χ1n) is 12.5. The number of hydrogen-bond donors (Lipinski definition) is 0. The van der Waals surface area contributed by atoms with Crippen molar-refractivity contribution in [3.63, 3.8) is 0 Å². The van der Waals surface area contributed by atoms with Crippen molar-refractivity contribution >= 4 is 103 Å². The molecule has 0 amide bonds. The summed E-state index contributed by atoms with van der Waals surface area (Å²) in [5.41, 5.74) is 5.57. The first kappa shape index (κ1) is 22.2. The fraction of sp³-hybridized carbons (Fsp3) is 0.0303. The summed E-state index contributed by atoms with van der Waals surface area (Å²) in [4.78, 5) is 3.29. The number of furan rings is 1. The molecule has 0 aliphatic heterocycles. The van der Waals surface area contributed by atoms with Gasteiger partial charge in [0.2, 0.25) is 0 Å². The van der Waals surface area contributed by atoms with E-state index in [-0.39, 0.29) is 0 Å². The zero-order valence-electron chi connectivity index (χ0n) is 20.4. The summed E-state index contributed by atoms with van der Waals surface area (Å²) >= 11 is 9.88.